The molecule has 1 aliphatic heterocycles. The van der Waals surface area contributed by atoms with E-state index in [0.717, 1.165) is 0 Å². The van der Waals surface area contributed by atoms with E-state index in [0.29, 0.717) is 42.0 Å². The van der Waals surface area contributed by atoms with Gasteiger partial charge in [-0.05, 0) is 12.1 Å². The molecule has 2 aromatic carbocycles. The van der Waals surface area contributed by atoms with E-state index in [4.69, 9.17) is 23.7 Å². The lowest BCUT2D eigenvalue weighted by atomic mass is 10.2. The molecule has 3 rings (SSSR count). The van der Waals surface area contributed by atoms with Crippen LogP contribution in [0.4, 0.5) is 5.69 Å². The second-order valence-corrected chi connectivity index (χ2v) is 7.01. The summed E-state index contributed by atoms with van der Waals surface area (Å²) in [5.74, 6) is 1.96. The highest BCUT2D eigenvalue weighted by Crippen LogP contribution is 2.40. The summed E-state index contributed by atoms with van der Waals surface area (Å²) in [5, 5.41) is 0. The molecular formula is C17H19NO7S. The Kier molecular flexibility index (Phi) is 4.99. The molecule has 1 heterocycles. The molecule has 0 spiro atoms. The van der Waals surface area contributed by atoms with E-state index in [9.17, 15) is 8.42 Å². The van der Waals surface area contributed by atoms with Crippen molar-refractivity contribution in [1.82, 2.24) is 0 Å². The van der Waals surface area contributed by atoms with Gasteiger partial charge in [-0.25, -0.2) is 8.42 Å². The standard InChI is InChI=1S/C17H19NO7S/c1-21-15-8-11(9-16(22-2)17(15)23-3)18-26(19,20)12-4-5-13-14(10-12)25-7-6-24-13/h4-5,8-10,18H,6-7H2,1-3H3. The lowest BCUT2D eigenvalue weighted by molar-refractivity contribution is 0.171. The van der Waals surface area contributed by atoms with Crippen molar-refractivity contribution in [1.29, 1.82) is 0 Å². The highest BCUT2D eigenvalue weighted by atomic mass is 32.2. The predicted molar refractivity (Wildman–Crippen MR) is 94.3 cm³/mol. The quantitative estimate of drug-likeness (QED) is 0.821. The highest BCUT2D eigenvalue weighted by molar-refractivity contribution is 7.92. The Morgan fingerprint density at radius 1 is 0.885 bits per heavy atom. The molecule has 1 aliphatic rings. The lowest BCUT2D eigenvalue weighted by Gasteiger charge is -2.19. The summed E-state index contributed by atoms with van der Waals surface area (Å²) in [4.78, 5) is 0.0514. The molecule has 0 saturated carbocycles. The zero-order valence-corrected chi connectivity index (χ0v) is 15.4. The summed E-state index contributed by atoms with van der Waals surface area (Å²) in [6.07, 6.45) is 0. The van der Waals surface area contributed by atoms with Gasteiger partial charge >= 0.3 is 0 Å². The Morgan fingerprint density at radius 2 is 1.50 bits per heavy atom. The van der Waals surface area contributed by atoms with Gasteiger partial charge in [0.05, 0.1) is 31.9 Å². The van der Waals surface area contributed by atoms with Crippen LogP contribution in [-0.2, 0) is 10.0 Å². The molecule has 2 aromatic rings. The van der Waals surface area contributed by atoms with Crippen LogP contribution in [0.1, 0.15) is 0 Å². The summed E-state index contributed by atoms with van der Waals surface area (Å²) in [7, 11) is 0.527. The molecule has 0 aromatic heterocycles. The number of sulfonamides is 1. The molecule has 0 fully saturated rings. The zero-order valence-electron chi connectivity index (χ0n) is 14.6. The number of fused-ring (bicyclic) bond motifs is 1. The Labute approximate surface area is 151 Å². The number of ether oxygens (including phenoxy) is 5. The van der Waals surface area contributed by atoms with Gasteiger partial charge < -0.3 is 23.7 Å². The second kappa shape index (κ2) is 7.20. The third-order valence-corrected chi connectivity index (χ3v) is 5.12. The zero-order chi connectivity index (χ0) is 18.7. The van der Waals surface area contributed by atoms with E-state index in [1.807, 2.05) is 0 Å². The van der Waals surface area contributed by atoms with Crippen LogP contribution in [-0.4, -0.2) is 43.0 Å². The summed E-state index contributed by atoms with van der Waals surface area (Å²) < 4.78 is 54.5. The van der Waals surface area contributed by atoms with E-state index in [1.54, 1.807) is 6.07 Å². The molecule has 9 heteroatoms. The fraction of sp³-hybridized carbons (Fsp3) is 0.294. The number of benzene rings is 2. The number of anilines is 1. The molecule has 8 nitrogen and oxygen atoms in total. The Morgan fingerprint density at radius 3 is 2.08 bits per heavy atom. The predicted octanol–water partition coefficient (Wildman–Crippen LogP) is 2.28. The van der Waals surface area contributed by atoms with Crippen LogP contribution in [0.3, 0.4) is 0 Å². The summed E-state index contributed by atoms with van der Waals surface area (Å²) in [6, 6.07) is 7.47. The van der Waals surface area contributed by atoms with Crippen molar-refractivity contribution in [3.05, 3.63) is 30.3 Å². The van der Waals surface area contributed by atoms with Gasteiger partial charge in [0.15, 0.2) is 23.0 Å². The van der Waals surface area contributed by atoms with Gasteiger partial charge in [0.1, 0.15) is 13.2 Å². The maximum Gasteiger partial charge on any atom is 0.262 e. The smallest absolute Gasteiger partial charge is 0.262 e. The van der Waals surface area contributed by atoms with Crippen molar-refractivity contribution in [2.24, 2.45) is 0 Å². The Bertz CT molecular complexity index is 886. The fourth-order valence-electron chi connectivity index (χ4n) is 2.54. The molecule has 26 heavy (non-hydrogen) atoms. The number of rotatable bonds is 6. The minimum atomic E-state index is -3.85. The third kappa shape index (κ3) is 3.43. The maximum absolute atomic E-state index is 12.7. The minimum Gasteiger partial charge on any atom is -0.493 e. The van der Waals surface area contributed by atoms with Crippen LogP contribution < -0.4 is 28.4 Å². The summed E-state index contributed by atoms with van der Waals surface area (Å²) in [6.45, 7) is 0.805. The van der Waals surface area contributed by atoms with Crippen LogP contribution in [0.15, 0.2) is 35.2 Å². The molecule has 140 valence electrons. The van der Waals surface area contributed by atoms with Crippen molar-refractivity contribution >= 4 is 15.7 Å². The monoisotopic (exact) mass is 381 g/mol. The van der Waals surface area contributed by atoms with Gasteiger partial charge in [0.2, 0.25) is 5.75 Å². The molecule has 1 N–H and O–H groups in total. The molecule has 0 amide bonds. The Hall–Kier alpha value is -2.81. The highest BCUT2D eigenvalue weighted by Gasteiger charge is 2.21. The van der Waals surface area contributed by atoms with E-state index in [2.05, 4.69) is 4.72 Å². The SMILES string of the molecule is COc1cc(NS(=O)(=O)c2ccc3c(c2)OCCO3)cc(OC)c1OC. The lowest BCUT2D eigenvalue weighted by Crippen LogP contribution is -2.17. The molecule has 0 aliphatic carbocycles. The number of nitrogens with one attached hydrogen (secondary N) is 1. The van der Waals surface area contributed by atoms with Gasteiger partial charge in [0, 0.05) is 18.2 Å². The first-order valence-electron chi connectivity index (χ1n) is 7.71. The van der Waals surface area contributed by atoms with Gasteiger partial charge in [-0.1, -0.05) is 0 Å². The molecule has 0 atom stereocenters. The first kappa shape index (κ1) is 18.0. The number of methoxy groups -OCH3 is 3. The Balaban J connectivity index is 1.94. The molecule has 0 bridgehead atoms. The minimum absolute atomic E-state index is 0.0514. The average Bonchev–Trinajstić information content (AvgIpc) is 2.66. The largest absolute Gasteiger partial charge is 0.493 e. The normalized spacial score (nSPS) is 13.0. The van der Waals surface area contributed by atoms with E-state index in [1.165, 1.54) is 45.6 Å². The number of hydrogen-bond acceptors (Lipinski definition) is 7. The number of hydrogen-bond donors (Lipinski definition) is 1. The van der Waals surface area contributed by atoms with E-state index in [-0.39, 0.29) is 10.6 Å². The molecule has 0 radical (unpaired) electrons. The van der Waals surface area contributed by atoms with Crippen molar-refractivity contribution < 1.29 is 32.1 Å². The second-order valence-electron chi connectivity index (χ2n) is 5.32. The van der Waals surface area contributed by atoms with Crippen LogP contribution in [0, 0.1) is 0 Å². The maximum atomic E-state index is 12.7. The van der Waals surface area contributed by atoms with Gasteiger partial charge in [-0.3, -0.25) is 4.72 Å². The first-order chi connectivity index (χ1) is 12.5. The van der Waals surface area contributed by atoms with Crippen LogP contribution in [0.2, 0.25) is 0 Å². The molecule has 0 unspecified atom stereocenters. The molecule has 0 saturated heterocycles. The van der Waals surface area contributed by atoms with Gasteiger partial charge in [-0.2, -0.15) is 0 Å². The summed E-state index contributed by atoms with van der Waals surface area (Å²) >= 11 is 0. The van der Waals surface area contributed by atoms with E-state index >= 15 is 0 Å². The fourth-order valence-corrected chi connectivity index (χ4v) is 3.60. The molecular weight excluding hydrogens is 362 g/mol. The topological polar surface area (TPSA) is 92.3 Å². The van der Waals surface area contributed by atoms with Gasteiger partial charge in [-0.15, -0.1) is 0 Å². The van der Waals surface area contributed by atoms with Crippen molar-refractivity contribution in [2.45, 2.75) is 4.90 Å². The van der Waals surface area contributed by atoms with Crippen molar-refractivity contribution in [3.8, 4) is 28.7 Å². The van der Waals surface area contributed by atoms with Crippen LogP contribution in [0.25, 0.3) is 0 Å². The van der Waals surface area contributed by atoms with Crippen LogP contribution in [0.5, 0.6) is 28.7 Å². The van der Waals surface area contributed by atoms with Crippen LogP contribution >= 0.6 is 0 Å². The van der Waals surface area contributed by atoms with Crippen molar-refractivity contribution in [2.75, 3.05) is 39.3 Å². The third-order valence-electron chi connectivity index (χ3n) is 3.74. The summed E-state index contributed by atoms with van der Waals surface area (Å²) in [5.41, 5.74) is 0.273. The van der Waals surface area contributed by atoms with Crippen molar-refractivity contribution in [3.63, 3.8) is 0 Å². The van der Waals surface area contributed by atoms with E-state index < -0.39 is 10.0 Å². The van der Waals surface area contributed by atoms with Gasteiger partial charge in [0.25, 0.3) is 10.0 Å². The average molecular weight is 381 g/mol. The first-order valence-corrected chi connectivity index (χ1v) is 9.19.